The van der Waals surface area contributed by atoms with E-state index in [9.17, 15) is 5.26 Å². The van der Waals surface area contributed by atoms with Gasteiger partial charge in [0.15, 0.2) is 0 Å². The van der Waals surface area contributed by atoms with Crippen molar-refractivity contribution >= 4 is 17.4 Å². The fourth-order valence-electron chi connectivity index (χ4n) is 4.48. The van der Waals surface area contributed by atoms with Crippen molar-refractivity contribution in [2.75, 3.05) is 11.5 Å². The van der Waals surface area contributed by atoms with Crippen LogP contribution < -0.4 is 4.90 Å². The van der Waals surface area contributed by atoms with Crippen LogP contribution in [-0.2, 0) is 4.74 Å². The third kappa shape index (κ3) is 2.31. The van der Waals surface area contributed by atoms with Gasteiger partial charge in [-0.05, 0) is 37.5 Å². The second-order valence-electron chi connectivity index (χ2n) is 7.23. The molecule has 0 aromatic heterocycles. The molecule has 2 aromatic carbocycles. The molecule has 0 saturated carbocycles. The quantitative estimate of drug-likeness (QED) is 0.701. The maximum absolute atomic E-state index is 10.1. The summed E-state index contributed by atoms with van der Waals surface area (Å²) in [7, 11) is 0. The van der Waals surface area contributed by atoms with Crippen LogP contribution in [0.3, 0.4) is 0 Å². The zero-order valence-electron chi connectivity index (χ0n) is 14.7. The van der Waals surface area contributed by atoms with Crippen molar-refractivity contribution in [3.8, 4) is 6.07 Å². The van der Waals surface area contributed by atoms with E-state index in [0.717, 1.165) is 30.1 Å². The van der Waals surface area contributed by atoms with Crippen molar-refractivity contribution in [1.29, 1.82) is 5.26 Å². The molecule has 3 nitrogen and oxygen atoms in total. The van der Waals surface area contributed by atoms with E-state index in [2.05, 4.69) is 66.4 Å². The van der Waals surface area contributed by atoms with Gasteiger partial charge in [-0.1, -0.05) is 53.7 Å². The molecule has 4 heteroatoms. The molecular weight excluding hydrogens is 340 g/mol. The van der Waals surface area contributed by atoms with Gasteiger partial charge in [0.2, 0.25) is 0 Å². The van der Waals surface area contributed by atoms with Gasteiger partial charge in [-0.3, -0.25) is 0 Å². The largest absolute Gasteiger partial charge is 0.358 e. The maximum Gasteiger partial charge on any atom is 0.138 e. The maximum atomic E-state index is 10.1. The van der Waals surface area contributed by atoms with Crippen molar-refractivity contribution in [3.63, 3.8) is 0 Å². The van der Waals surface area contributed by atoms with E-state index < -0.39 is 0 Å². The van der Waals surface area contributed by atoms with Crippen LogP contribution in [0.15, 0.2) is 64.0 Å². The van der Waals surface area contributed by atoms with Gasteiger partial charge < -0.3 is 9.64 Å². The van der Waals surface area contributed by atoms with Gasteiger partial charge in [-0.25, -0.2) is 0 Å². The number of thioether (sulfide) groups is 1. The molecule has 3 heterocycles. The molecule has 26 heavy (non-hydrogen) atoms. The van der Waals surface area contributed by atoms with Gasteiger partial charge in [0.1, 0.15) is 6.23 Å². The van der Waals surface area contributed by atoms with Crippen molar-refractivity contribution in [3.05, 3.63) is 70.3 Å². The van der Waals surface area contributed by atoms with Crippen molar-refractivity contribution < 1.29 is 4.74 Å². The van der Waals surface area contributed by atoms with Crippen LogP contribution in [0.5, 0.6) is 0 Å². The molecule has 0 amide bonds. The summed E-state index contributed by atoms with van der Waals surface area (Å²) in [5.74, 6) is 0.413. The summed E-state index contributed by atoms with van der Waals surface area (Å²) < 4.78 is 6.29. The summed E-state index contributed by atoms with van der Waals surface area (Å²) in [4.78, 5) is 3.50. The SMILES string of the molecule is Cc1ccc([C@@H]2C(C#N)=C3Sc4ccccc4N3[C@H]3OCCC[C@@H]23)cc1. The molecule has 0 radical (unpaired) electrons. The number of allylic oxidation sites excluding steroid dienone is 1. The third-order valence-electron chi connectivity index (χ3n) is 5.67. The Morgan fingerprint density at radius 2 is 1.96 bits per heavy atom. The van der Waals surface area contributed by atoms with Gasteiger partial charge >= 0.3 is 0 Å². The van der Waals surface area contributed by atoms with Crippen LogP contribution >= 0.6 is 11.8 Å². The number of hydrogen-bond acceptors (Lipinski definition) is 4. The van der Waals surface area contributed by atoms with E-state index in [1.54, 1.807) is 11.8 Å². The molecule has 3 aliphatic rings. The highest BCUT2D eigenvalue weighted by atomic mass is 32.2. The Labute approximate surface area is 158 Å². The summed E-state index contributed by atoms with van der Waals surface area (Å²) in [6.45, 7) is 2.90. The molecule has 0 unspecified atom stereocenters. The number of benzene rings is 2. The molecule has 1 fully saturated rings. The van der Waals surface area contributed by atoms with Crippen LogP contribution in [0.25, 0.3) is 0 Å². The lowest BCUT2D eigenvalue weighted by atomic mass is 9.74. The van der Waals surface area contributed by atoms with Crippen LogP contribution in [0.4, 0.5) is 5.69 Å². The first-order valence-electron chi connectivity index (χ1n) is 9.16. The van der Waals surface area contributed by atoms with Gasteiger partial charge in [-0.2, -0.15) is 5.26 Å². The topological polar surface area (TPSA) is 36.3 Å². The highest BCUT2D eigenvalue weighted by molar-refractivity contribution is 8.03. The Balaban J connectivity index is 1.70. The number of para-hydroxylation sites is 1. The van der Waals surface area contributed by atoms with Gasteiger partial charge in [0, 0.05) is 23.3 Å². The van der Waals surface area contributed by atoms with Crippen LogP contribution in [0.1, 0.15) is 29.9 Å². The average molecular weight is 360 g/mol. The fourth-order valence-corrected chi connectivity index (χ4v) is 5.69. The molecule has 5 rings (SSSR count). The molecule has 1 saturated heterocycles. The number of hydrogen-bond donors (Lipinski definition) is 0. The van der Waals surface area contributed by atoms with Crippen molar-refractivity contribution in [2.24, 2.45) is 5.92 Å². The van der Waals surface area contributed by atoms with Gasteiger partial charge in [-0.15, -0.1) is 0 Å². The summed E-state index contributed by atoms with van der Waals surface area (Å²) >= 11 is 1.71. The summed E-state index contributed by atoms with van der Waals surface area (Å²) in [5.41, 5.74) is 4.55. The highest BCUT2D eigenvalue weighted by Gasteiger charge is 2.48. The van der Waals surface area contributed by atoms with E-state index in [0.29, 0.717) is 5.92 Å². The van der Waals surface area contributed by atoms with E-state index in [4.69, 9.17) is 4.74 Å². The zero-order chi connectivity index (χ0) is 17.7. The van der Waals surface area contributed by atoms with E-state index in [1.165, 1.54) is 21.7 Å². The van der Waals surface area contributed by atoms with Crippen LogP contribution in [-0.4, -0.2) is 12.8 Å². The first-order valence-corrected chi connectivity index (χ1v) is 9.98. The zero-order valence-corrected chi connectivity index (χ0v) is 15.5. The molecule has 2 aromatic rings. The Bertz CT molecular complexity index is 928. The lowest BCUT2D eigenvalue weighted by Gasteiger charge is -2.46. The number of nitriles is 1. The molecule has 0 spiro atoms. The Morgan fingerprint density at radius 3 is 2.77 bits per heavy atom. The highest BCUT2D eigenvalue weighted by Crippen LogP contribution is 2.57. The lowest BCUT2D eigenvalue weighted by Crippen LogP contribution is -2.49. The second-order valence-corrected chi connectivity index (χ2v) is 8.26. The molecule has 3 aliphatic heterocycles. The summed E-state index contributed by atoms with van der Waals surface area (Å²) in [6.07, 6.45) is 2.16. The monoisotopic (exact) mass is 360 g/mol. The van der Waals surface area contributed by atoms with Crippen LogP contribution in [0, 0.1) is 24.2 Å². The first kappa shape index (κ1) is 16.0. The van der Waals surface area contributed by atoms with Crippen molar-refractivity contribution in [1.82, 2.24) is 0 Å². The number of anilines is 1. The minimum atomic E-state index is 0.0123. The first-order chi connectivity index (χ1) is 12.8. The minimum absolute atomic E-state index is 0.0123. The predicted octanol–water partition coefficient (Wildman–Crippen LogP) is 5.19. The average Bonchev–Trinajstić information content (AvgIpc) is 3.07. The lowest BCUT2D eigenvalue weighted by molar-refractivity contribution is -0.0323. The minimum Gasteiger partial charge on any atom is -0.358 e. The van der Waals surface area contributed by atoms with Crippen LogP contribution in [0.2, 0.25) is 0 Å². The summed E-state index contributed by atoms with van der Waals surface area (Å²) in [6, 6.07) is 19.7. The number of rotatable bonds is 1. The fraction of sp³-hybridized carbons (Fsp3) is 0.318. The summed E-state index contributed by atoms with van der Waals surface area (Å²) in [5, 5.41) is 11.2. The smallest absolute Gasteiger partial charge is 0.138 e. The molecule has 0 N–H and O–H groups in total. The standard InChI is InChI=1S/C22H20N2OS/c1-14-8-10-15(11-9-14)20-16-5-4-12-25-21(16)24-18-6-2-3-7-19(18)26-22(24)17(20)13-23/h2-3,6-11,16,20-21H,4-5,12H2,1H3/t16-,20-,21-/m0/s1. The third-order valence-corrected chi connectivity index (χ3v) is 6.84. The van der Waals surface area contributed by atoms with Gasteiger partial charge in [0.25, 0.3) is 0 Å². The Kier molecular flexibility index (Phi) is 3.81. The van der Waals surface area contributed by atoms with Gasteiger partial charge in [0.05, 0.1) is 22.4 Å². The normalized spacial score (nSPS) is 26.8. The predicted molar refractivity (Wildman–Crippen MR) is 104 cm³/mol. The molecule has 130 valence electrons. The Hall–Kier alpha value is -2.22. The van der Waals surface area contributed by atoms with Crippen molar-refractivity contribution in [2.45, 2.75) is 36.8 Å². The molecule has 0 bridgehead atoms. The van der Waals surface area contributed by atoms with E-state index >= 15 is 0 Å². The molecular formula is C22H20N2OS. The second kappa shape index (κ2) is 6.19. The van der Waals surface area contributed by atoms with E-state index in [1.807, 2.05) is 0 Å². The molecule has 3 atom stereocenters. The number of fused-ring (bicyclic) bond motifs is 5. The molecule has 0 aliphatic carbocycles. The number of nitrogens with zero attached hydrogens (tertiary/aromatic N) is 2. The number of ether oxygens (including phenoxy) is 1. The number of aryl methyl sites for hydroxylation is 1. The Morgan fingerprint density at radius 1 is 1.15 bits per heavy atom. The van der Waals surface area contributed by atoms with E-state index in [-0.39, 0.29) is 12.1 Å².